The van der Waals surface area contributed by atoms with E-state index in [4.69, 9.17) is 4.74 Å². The Labute approximate surface area is 196 Å². The Morgan fingerprint density at radius 2 is 2.00 bits per heavy atom. The van der Waals surface area contributed by atoms with Crippen molar-refractivity contribution in [3.63, 3.8) is 0 Å². The number of aromatic nitrogens is 2. The Balaban J connectivity index is 0.000000821. The Hall–Kier alpha value is -2.71. The molecule has 3 aliphatic rings. The number of amides is 1. The maximum atomic E-state index is 11.8. The van der Waals surface area contributed by atoms with Crippen molar-refractivity contribution in [1.29, 1.82) is 0 Å². The number of piperidine rings is 1. The van der Waals surface area contributed by atoms with E-state index in [-0.39, 0.29) is 12.1 Å². The lowest BCUT2D eigenvalue weighted by molar-refractivity contribution is 0.0806. The third-order valence-corrected chi connectivity index (χ3v) is 6.39. The highest BCUT2D eigenvalue weighted by Crippen LogP contribution is 2.25. The third-order valence-electron chi connectivity index (χ3n) is 6.39. The van der Waals surface area contributed by atoms with Crippen LogP contribution in [0, 0.1) is 5.92 Å². The van der Waals surface area contributed by atoms with Gasteiger partial charge < -0.3 is 15.4 Å². The van der Waals surface area contributed by atoms with E-state index in [0.29, 0.717) is 31.0 Å². The van der Waals surface area contributed by atoms with Crippen molar-refractivity contribution in [2.75, 3.05) is 43.0 Å². The summed E-state index contributed by atoms with van der Waals surface area (Å²) in [6.07, 6.45) is 3.86. The number of benzene rings is 1. The molecule has 2 aromatic rings. The fourth-order valence-corrected chi connectivity index (χ4v) is 4.45. The van der Waals surface area contributed by atoms with Crippen LogP contribution in [0.3, 0.4) is 0 Å². The van der Waals surface area contributed by atoms with Gasteiger partial charge in [0.05, 0.1) is 12.6 Å². The molecule has 0 bridgehead atoms. The summed E-state index contributed by atoms with van der Waals surface area (Å²) in [4.78, 5) is 24.6. The summed E-state index contributed by atoms with van der Waals surface area (Å²) < 4.78 is 4.99. The van der Waals surface area contributed by atoms with Crippen LogP contribution in [-0.4, -0.2) is 59.8 Å². The van der Waals surface area contributed by atoms with Gasteiger partial charge >= 0.3 is 6.09 Å². The van der Waals surface area contributed by atoms with E-state index in [0.717, 1.165) is 19.0 Å². The molecule has 8 nitrogen and oxygen atoms in total. The number of carbonyl (C=O) groups is 1. The second kappa shape index (κ2) is 10.9. The van der Waals surface area contributed by atoms with Gasteiger partial charge in [0.1, 0.15) is 12.4 Å². The molecule has 178 valence electrons. The number of anilines is 2. The van der Waals surface area contributed by atoms with Crippen LogP contribution in [0.4, 0.5) is 16.6 Å². The number of fused-ring (bicyclic) bond motifs is 1. The number of cyclic esters (lactones) is 1. The van der Waals surface area contributed by atoms with Crippen molar-refractivity contribution in [1.82, 2.24) is 20.2 Å². The summed E-state index contributed by atoms with van der Waals surface area (Å²) in [7, 11) is 0. The predicted octanol–water partition coefficient (Wildman–Crippen LogP) is 3.82. The van der Waals surface area contributed by atoms with Gasteiger partial charge in [-0.15, -0.1) is 0 Å². The third kappa shape index (κ3) is 5.81. The quantitative estimate of drug-likeness (QED) is 0.689. The standard InChI is InChI=1S/C22H28N6O2.C3H8/c1-15(25-21-23-8-6-20(26-21)28-10-11-30-22(28)29)17-4-2-16(3-5-17)13-27-9-7-18-12-24-19(18)14-27;1-3-2/h2-6,8,15,18-19,24H,7,9-14H2,1H3,(H,23,25,26);3H2,1-2H3. The minimum Gasteiger partial charge on any atom is -0.447 e. The molecule has 1 aromatic heterocycles. The van der Waals surface area contributed by atoms with Gasteiger partial charge in [0.25, 0.3) is 0 Å². The van der Waals surface area contributed by atoms with Gasteiger partial charge in [-0.25, -0.2) is 9.78 Å². The van der Waals surface area contributed by atoms with Crippen LogP contribution in [0.2, 0.25) is 0 Å². The largest absolute Gasteiger partial charge is 0.447 e. The number of carbonyl (C=O) groups excluding carboxylic acids is 1. The van der Waals surface area contributed by atoms with E-state index in [2.05, 4.69) is 70.5 Å². The van der Waals surface area contributed by atoms with E-state index in [1.807, 2.05) is 0 Å². The van der Waals surface area contributed by atoms with Crippen LogP contribution in [0.5, 0.6) is 0 Å². The summed E-state index contributed by atoms with van der Waals surface area (Å²) >= 11 is 0. The molecule has 5 rings (SSSR count). The van der Waals surface area contributed by atoms with Crippen LogP contribution < -0.4 is 15.5 Å². The van der Waals surface area contributed by atoms with Crippen LogP contribution in [-0.2, 0) is 11.3 Å². The van der Waals surface area contributed by atoms with Gasteiger partial charge in [0.2, 0.25) is 5.95 Å². The number of hydrogen-bond acceptors (Lipinski definition) is 7. The van der Waals surface area contributed by atoms with E-state index >= 15 is 0 Å². The van der Waals surface area contributed by atoms with Crippen LogP contribution >= 0.6 is 0 Å². The fraction of sp³-hybridized carbons (Fsp3) is 0.560. The van der Waals surface area contributed by atoms with Crippen molar-refractivity contribution < 1.29 is 9.53 Å². The zero-order chi connectivity index (χ0) is 23.2. The molecular formula is C25H36N6O2. The second-order valence-corrected chi connectivity index (χ2v) is 9.12. The summed E-state index contributed by atoms with van der Waals surface area (Å²) in [5, 5.41) is 6.88. The van der Waals surface area contributed by atoms with Gasteiger partial charge in [0, 0.05) is 25.3 Å². The molecule has 0 spiro atoms. The SMILES string of the molecule is CC(Nc1nccc(N2CCOC2=O)n1)c1ccc(CN2CCC3CNC3C2)cc1.CCC. The average Bonchev–Trinajstić information content (AvgIpc) is 3.23. The van der Waals surface area contributed by atoms with E-state index in [1.54, 1.807) is 12.3 Å². The van der Waals surface area contributed by atoms with Crippen molar-refractivity contribution in [3.8, 4) is 0 Å². The van der Waals surface area contributed by atoms with E-state index in [9.17, 15) is 4.79 Å². The predicted molar refractivity (Wildman–Crippen MR) is 130 cm³/mol. The number of likely N-dealkylation sites (tertiary alicyclic amines) is 1. The molecule has 8 heteroatoms. The lowest BCUT2D eigenvalue weighted by Gasteiger charge is -2.46. The molecule has 3 aliphatic heterocycles. The van der Waals surface area contributed by atoms with Crippen LogP contribution in [0.15, 0.2) is 36.5 Å². The first-order valence-electron chi connectivity index (χ1n) is 12.2. The molecule has 0 aliphatic carbocycles. The van der Waals surface area contributed by atoms with Gasteiger partial charge in [-0.3, -0.25) is 9.80 Å². The summed E-state index contributed by atoms with van der Waals surface area (Å²) in [6, 6.07) is 11.2. The first-order chi connectivity index (χ1) is 16.1. The van der Waals surface area contributed by atoms with Crippen molar-refractivity contribution in [3.05, 3.63) is 47.7 Å². The van der Waals surface area contributed by atoms with Crippen molar-refractivity contribution in [2.24, 2.45) is 5.92 Å². The number of nitrogens with zero attached hydrogens (tertiary/aromatic N) is 4. The Kier molecular flexibility index (Phi) is 7.77. The Morgan fingerprint density at radius 1 is 1.21 bits per heavy atom. The number of rotatable bonds is 6. The number of ether oxygens (including phenoxy) is 1. The van der Waals surface area contributed by atoms with Crippen LogP contribution in [0.25, 0.3) is 0 Å². The molecule has 3 saturated heterocycles. The Bertz CT molecular complexity index is 921. The van der Waals surface area contributed by atoms with Crippen LogP contribution in [0.1, 0.15) is 50.8 Å². The van der Waals surface area contributed by atoms with Gasteiger partial charge in [-0.2, -0.15) is 4.98 Å². The highest BCUT2D eigenvalue weighted by atomic mass is 16.6. The highest BCUT2D eigenvalue weighted by molar-refractivity contribution is 5.88. The zero-order valence-corrected chi connectivity index (χ0v) is 20.0. The van der Waals surface area contributed by atoms with E-state index in [1.165, 1.54) is 42.0 Å². The molecule has 1 aromatic carbocycles. The molecule has 3 fully saturated rings. The molecule has 0 saturated carbocycles. The molecule has 33 heavy (non-hydrogen) atoms. The number of hydrogen-bond donors (Lipinski definition) is 2. The average molecular weight is 453 g/mol. The molecule has 3 atom stereocenters. The molecular weight excluding hydrogens is 416 g/mol. The second-order valence-electron chi connectivity index (χ2n) is 9.12. The molecule has 2 N–H and O–H groups in total. The first kappa shape index (κ1) is 23.4. The van der Waals surface area contributed by atoms with Crippen molar-refractivity contribution in [2.45, 2.75) is 52.2 Å². The summed E-state index contributed by atoms with van der Waals surface area (Å²) in [5.41, 5.74) is 2.52. The smallest absolute Gasteiger partial charge is 0.415 e. The zero-order valence-electron chi connectivity index (χ0n) is 20.0. The van der Waals surface area contributed by atoms with Gasteiger partial charge in [-0.05, 0) is 49.5 Å². The van der Waals surface area contributed by atoms with Gasteiger partial charge in [-0.1, -0.05) is 44.5 Å². The fourth-order valence-electron chi connectivity index (χ4n) is 4.45. The first-order valence-corrected chi connectivity index (χ1v) is 12.2. The molecule has 0 radical (unpaired) electrons. The van der Waals surface area contributed by atoms with Crippen molar-refractivity contribution >= 4 is 17.9 Å². The summed E-state index contributed by atoms with van der Waals surface area (Å²) in [6.45, 7) is 11.8. The lowest BCUT2D eigenvalue weighted by atomic mass is 9.85. The topological polar surface area (TPSA) is 82.6 Å². The number of nitrogens with one attached hydrogen (secondary N) is 2. The highest BCUT2D eigenvalue weighted by Gasteiger charge is 2.35. The monoisotopic (exact) mass is 452 g/mol. The minimum absolute atomic E-state index is 0.0507. The van der Waals surface area contributed by atoms with Gasteiger partial charge in [0.15, 0.2) is 0 Å². The van der Waals surface area contributed by atoms with E-state index < -0.39 is 0 Å². The molecule has 4 heterocycles. The lowest BCUT2D eigenvalue weighted by Crippen LogP contribution is -2.61. The Morgan fingerprint density at radius 3 is 2.64 bits per heavy atom. The maximum absolute atomic E-state index is 11.8. The minimum atomic E-state index is -0.361. The molecule has 1 amide bonds. The summed E-state index contributed by atoms with van der Waals surface area (Å²) in [5.74, 6) is 1.95. The normalized spacial score (nSPS) is 23.0. The maximum Gasteiger partial charge on any atom is 0.415 e. The molecule has 3 unspecified atom stereocenters.